The first-order chi connectivity index (χ1) is 8.76. The van der Waals surface area contributed by atoms with Crippen molar-refractivity contribution in [2.75, 3.05) is 6.61 Å². The largest absolute Gasteiger partial charge is 0.378 e. The number of hydrogen-bond acceptors (Lipinski definition) is 3. The normalized spacial score (nSPS) is 35.7. The zero-order valence-electron chi connectivity index (χ0n) is 12.7. The predicted octanol–water partition coefficient (Wildman–Crippen LogP) is 1.82. The van der Waals surface area contributed by atoms with Crippen LogP contribution in [0, 0.1) is 10.8 Å². The minimum atomic E-state index is -0.0248. The van der Waals surface area contributed by atoms with E-state index < -0.39 is 0 Å². The lowest BCUT2D eigenvalue weighted by molar-refractivity contribution is -0.132. The summed E-state index contributed by atoms with van der Waals surface area (Å²) >= 11 is 0. The first kappa shape index (κ1) is 14.8. The van der Waals surface area contributed by atoms with Crippen molar-refractivity contribution in [2.45, 2.75) is 71.6 Å². The molecule has 4 heteroatoms. The Morgan fingerprint density at radius 1 is 1.32 bits per heavy atom. The second-order valence-electron chi connectivity index (χ2n) is 7.29. The van der Waals surface area contributed by atoms with Crippen LogP contribution in [0.3, 0.4) is 0 Å². The average molecular weight is 268 g/mol. The molecule has 1 saturated heterocycles. The molecule has 1 heterocycles. The van der Waals surface area contributed by atoms with E-state index in [2.05, 4.69) is 33.0 Å². The van der Waals surface area contributed by atoms with E-state index in [4.69, 9.17) is 10.5 Å². The number of carbonyl (C=O) groups is 1. The molecular formula is C15H28N2O2. The molecule has 3 N–H and O–H groups in total. The van der Waals surface area contributed by atoms with Gasteiger partial charge in [0.1, 0.15) is 0 Å². The molecule has 1 saturated carbocycles. The molecule has 0 aromatic rings. The van der Waals surface area contributed by atoms with Crippen LogP contribution in [0.1, 0.15) is 53.4 Å². The lowest BCUT2D eigenvalue weighted by Gasteiger charge is -2.62. The number of hydrogen-bond donors (Lipinski definition) is 2. The van der Waals surface area contributed by atoms with E-state index in [0.717, 1.165) is 25.9 Å². The van der Waals surface area contributed by atoms with Gasteiger partial charge >= 0.3 is 0 Å². The Morgan fingerprint density at radius 3 is 2.47 bits per heavy atom. The molecule has 4 nitrogen and oxygen atoms in total. The van der Waals surface area contributed by atoms with Crippen LogP contribution in [-0.4, -0.2) is 30.7 Å². The molecule has 1 atom stereocenters. The number of amides is 1. The third-order valence-corrected chi connectivity index (χ3v) is 5.11. The molecule has 2 aliphatic rings. The Labute approximate surface area is 116 Å². The van der Waals surface area contributed by atoms with Gasteiger partial charge in [0.15, 0.2) is 0 Å². The van der Waals surface area contributed by atoms with Crippen LogP contribution >= 0.6 is 0 Å². The summed E-state index contributed by atoms with van der Waals surface area (Å²) in [6.45, 7) is 9.38. The molecule has 2 rings (SSSR count). The molecule has 0 spiro atoms. The van der Waals surface area contributed by atoms with E-state index in [1.54, 1.807) is 0 Å². The second kappa shape index (κ2) is 5.06. The van der Waals surface area contributed by atoms with Crippen LogP contribution in [0.15, 0.2) is 0 Å². The van der Waals surface area contributed by atoms with Gasteiger partial charge in [0.05, 0.1) is 6.10 Å². The van der Waals surface area contributed by atoms with Gasteiger partial charge in [-0.05, 0) is 19.3 Å². The zero-order valence-corrected chi connectivity index (χ0v) is 12.7. The number of ether oxygens (including phenoxy) is 1. The number of rotatable bonds is 4. The number of nitrogens with one attached hydrogen (secondary N) is 1. The van der Waals surface area contributed by atoms with Crippen molar-refractivity contribution in [1.82, 2.24) is 5.32 Å². The minimum absolute atomic E-state index is 0.0248. The summed E-state index contributed by atoms with van der Waals surface area (Å²) < 4.78 is 5.55. The van der Waals surface area contributed by atoms with Gasteiger partial charge in [-0.15, -0.1) is 0 Å². The van der Waals surface area contributed by atoms with E-state index in [9.17, 15) is 4.79 Å². The van der Waals surface area contributed by atoms with Gasteiger partial charge in [-0.25, -0.2) is 0 Å². The molecule has 1 aliphatic carbocycles. The lowest BCUT2D eigenvalue weighted by atomic mass is 9.48. The summed E-state index contributed by atoms with van der Waals surface area (Å²) in [5.74, 6) is 0.133. The van der Waals surface area contributed by atoms with Gasteiger partial charge < -0.3 is 15.8 Å². The Bertz CT molecular complexity index is 330. The van der Waals surface area contributed by atoms with Crippen LogP contribution < -0.4 is 11.1 Å². The standard InChI is InChI=1S/C15H28N2O2/c1-14(2)12(16)15(3,4)13(14)17-11(18)8-7-10-6-5-9-19-10/h10,12-13H,5-9,16H2,1-4H3,(H,17,18). The first-order valence-electron chi connectivity index (χ1n) is 7.43. The molecule has 110 valence electrons. The molecule has 19 heavy (non-hydrogen) atoms. The average Bonchev–Trinajstić information content (AvgIpc) is 2.85. The molecule has 0 aromatic carbocycles. The molecular weight excluding hydrogens is 240 g/mol. The van der Waals surface area contributed by atoms with Crippen LogP contribution in [0.25, 0.3) is 0 Å². The fraction of sp³-hybridized carbons (Fsp3) is 0.933. The van der Waals surface area contributed by atoms with Crippen molar-refractivity contribution < 1.29 is 9.53 Å². The van der Waals surface area contributed by atoms with E-state index in [-0.39, 0.29) is 34.9 Å². The predicted molar refractivity (Wildman–Crippen MR) is 75.7 cm³/mol. The number of nitrogens with two attached hydrogens (primary N) is 1. The molecule has 1 amide bonds. The molecule has 1 aliphatic heterocycles. The first-order valence-corrected chi connectivity index (χ1v) is 7.43. The van der Waals surface area contributed by atoms with Crippen molar-refractivity contribution in [1.29, 1.82) is 0 Å². The van der Waals surface area contributed by atoms with Crippen molar-refractivity contribution in [3.8, 4) is 0 Å². The van der Waals surface area contributed by atoms with Crippen LogP contribution in [0.5, 0.6) is 0 Å². The maximum atomic E-state index is 12.1. The Morgan fingerprint density at radius 2 is 1.95 bits per heavy atom. The zero-order chi connectivity index (χ0) is 14.3. The quantitative estimate of drug-likeness (QED) is 0.817. The Kier molecular flexibility index (Phi) is 3.94. The van der Waals surface area contributed by atoms with Gasteiger partial charge in [0.2, 0.25) is 5.91 Å². The van der Waals surface area contributed by atoms with Crippen LogP contribution in [0.4, 0.5) is 0 Å². The molecule has 0 bridgehead atoms. The van der Waals surface area contributed by atoms with Gasteiger partial charge in [-0.1, -0.05) is 27.7 Å². The Hall–Kier alpha value is -0.610. The van der Waals surface area contributed by atoms with Crippen molar-refractivity contribution in [3.63, 3.8) is 0 Å². The highest BCUT2D eigenvalue weighted by Gasteiger charge is 2.60. The molecule has 2 fully saturated rings. The summed E-state index contributed by atoms with van der Waals surface area (Å²) in [6, 6.07) is 0.287. The summed E-state index contributed by atoms with van der Waals surface area (Å²) in [7, 11) is 0. The minimum Gasteiger partial charge on any atom is -0.378 e. The summed E-state index contributed by atoms with van der Waals surface area (Å²) in [5.41, 5.74) is 6.15. The topological polar surface area (TPSA) is 64.3 Å². The van der Waals surface area contributed by atoms with E-state index in [1.165, 1.54) is 0 Å². The SMILES string of the molecule is CC1(C)C(N)C(C)(C)C1NC(=O)CCC1CCCO1. The van der Waals surface area contributed by atoms with Gasteiger partial charge in [0.25, 0.3) is 0 Å². The monoisotopic (exact) mass is 268 g/mol. The van der Waals surface area contributed by atoms with Gasteiger partial charge in [-0.2, -0.15) is 0 Å². The van der Waals surface area contributed by atoms with Gasteiger partial charge in [-0.3, -0.25) is 4.79 Å². The maximum absolute atomic E-state index is 12.1. The number of carbonyl (C=O) groups excluding carboxylic acids is 1. The van der Waals surface area contributed by atoms with E-state index in [0.29, 0.717) is 6.42 Å². The summed E-state index contributed by atoms with van der Waals surface area (Å²) in [6.07, 6.45) is 3.91. The maximum Gasteiger partial charge on any atom is 0.220 e. The third kappa shape index (κ3) is 2.65. The van der Waals surface area contributed by atoms with E-state index >= 15 is 0 Å². The fourth-order valence-corrected chi connectivity index (χ4v) is 3.95. The summed E-state index contributed by atoms with van der Waals surface area (Å²) in [4.78, 5) is 12.1. The molecule has 0 aromatic heterocycles. The second-order valence-corrected chi connectivity index (χ2v) is 7.29. The van der Waals surface area contributed by atoms with Crippen LogP contribution in [-0.2, 0) is 9.53 Å². The van der Waals surface area contributed by atoms with Crippen molar-refractivity contribution in [3.05, 3.63) is 0 Å². The highest BCUT2D eigenvalue weighted by molar-refractivity contribution is 5.76. The highest BCUT2D eigenvalue weighted by Crippen LogP contribution is 2.52. The van der Waals surface area contributed by atoms with Crippen molar-refractivity contribution in [2.24, 2.45) is 16.6 Å². The fourth-order valence-electron chi connectivity index (χ4n) is 3.95. The summed E-state index contributed by atoms with van der Waals surface area (Å²) in [5, 5.41) is 3.18. The third-order valence-electron chi connectivity index (χ3n) is 5.11. The molecule has 0 radical (unpaired) electrons. The van der Waals surface area contributed by atoms with Crippen molar-refractivity contribution >= 4 is 5.91 Å². The Balaban J connectivity index is 1.81. The van der Waals surface area contributed by atoms with E-state index in [1.807, 2.05) is 0 Å². The lowest BCUT2D eigenvalue weighted by Crippen LogP contribution is -2.76. The highest BCUT2D eigenvalue weighted by atomic mass is 16.5. The molecule has 1 unspecified atom stereocenters. The van der Waals surface area contributed by atoms with Gasteiger partial charge in [0, 0.05) is 35.9 Å². The smallest absolute Gasteiger partial charge is 0.220 e. The van der Waals surface area contributed by atoms with Crippen LogP contribution in [0.2, 0.25) is 0 Å².